The molecule has 0 heterocycles. The molecule has 4 aliphatic carbocycles. The maximum Gasteiger partial charge on any atom is 0.328 e. The molecule has 0 saturated heterocycles. The molecule has 0 aromatic carbocycles. The number of rotatable bonds is 7. The van der Waals surface area contributed by atoms with Crippen LogP contribution < -0.4 is 5.32 Å². The van der Waals surface area contributed by atoms with Crippen LogP contribution in [0.5, 0.6) is 0 Å². The number of aliphatic hydroxyl groups is 1. The minimum Gasteiger partial charge on any atom is -0.480 e. The topological polar surface area (TPSA) is 125 Å². The van der Waals surface area contributed by atoms with Crippen molar-refractivity contribution >= 4 is 23.4 Å². The fourth-order valence-corrected chi connectivity index (χ4v) is 8.09. The minimum atomic E-state index is -1.38. The first-order chi connectivity index (χ1) is 16.5. The number of allylic oxidation sites excluding steroid dienone is 2. The number of hydrogen-bond acceptors (Lipinski definition) is 6. The standard InChI is InChI=1S/C27H40N2O6/c1-15(30)20-7-8-21-19-6-5-17-13-18(9-11-26(17,3)22(19)10-12-27(20,21)4)29-35-14-23(32)28-24(16(2)31)25(33)34/h13,16,19-22,24,31H,5-12,14H2,1-4H3,(H,28,32)(H,33,34)/b29-18-/t16-,19-,20+,21-,22-,24+,26-,27+/m0/s1. The number of carbonyl (C=O) groups excluding carboxylic acids is 2. The Bertz CT molecular complexity index is 942. The molecule has 4 aliphatic rings. The second kappa shape index (κ2) is 9.68. The molecule has 0 spiro atoms. The lowest BCUT2D eigenvalue weighted by molar-refractivity contribution is -0.145. The number of amides is 1. The second-order valence-electron chi connectivity index (χ2n) is 11.8. The number of fused-ring (bicyclic) bond motifs is 5. The number of Topliss-reactive ketones (excluding diaryl/α,β-unsaturated/α-hetero) is 1. The van der Waals surface area contributed by atoms with Gasteiger partial charge in [0.05, 0.1) is 11.8 Å². The Balaban J connectivity index is 1.40. The minimum absolute atomic E-state index is 0.140. The smallest absolute Gasteiger partial charge is 0.328 e. The maximum atomic E-state index is 12.3. The van der Waals surface area contributed by atoms with Crippen molar-refractivity contribution in [2.45, 2.75) is 91.2 Å². The van der Waals surface area contributed by atoms with Crippen LogP contribution in [-0.4, -0.2) is 52.3 Å². The van der Waals surface area contributed by atoms with Crippen LogP contribution in [0.4, 0.5) is 0 Å². The Kier molecular flexibility index (Phi) is 7.15. The van der Waals surface area contributed by atoms with E-state index in [2.05, 4.69) is 30.4 Å². The quantitative estimate of drug-likeness (QED) is 0.471. The predicted molar refractivity (Wildman–Crippen MR) is 131 cm³/mol. The SMILES string of the molecule is CC(=O)[C@H]1CC[C@H]2[C@@H]3CCC4=C/C(=N\OCC(=O)N[C@@H](C(=O)O)[C@H](C)O)CC[C@]4(C)[C@H]3CC[C@]12C. The molecule has 8 heteroatoms. The number of carboxylic acid groups (broad SMARTS) is 1. The number of hydrogen-bond donors (Lipinski definition) is 3. The summed E-state index contributed by atoms with van der Waals surface area (Å²) in [4.78, 5) is 40.7. The summed E-state index contributed by atoms with van der Waals surface area (Å²) >= 11 is 0. The molecule has 0 aromatic heterocycles. The van der Waals surface area contributed by atoms with Crippen LogP contribution in [0, 0.1) is 34.5 Å². The molecule has 0 radical (unpaired) electrons. The lowest BCUT2D eigenvalue weighted by Gasteiger charge is -2.58. The van der Waals surface area contributed by atoms with Gasteiger partial charge in [0.2, 0.25) is 0 Å². The molecular weight excluding hydrogens is 448 g/mol. The zero-order valence-electron chi connectivity index (χ0n) is 21.4. The van der Waals surface area contributed by atoms with Crippen LogP contribution in [-0.2, 0) is 19.2 Å². The summed E-state index contributed by atoms with van der Waals surface area (Å²) in [5.74, 6) is 0.604. The summed E-state index contributed by atoms with van der Waals surface area (Å²) in [6.45, 7) is 7.46. The zero-order valence-corrected chi connectivity index (χ0v) is 21.4. The van der Waals surface area contributed by atoms with E-state index in [1.165, 1.54) is 25.3 Å². The lowest BCUT2D eigenvalue weighted by Crippen LogP contribution is -2.51. The molecule has 35 heavy (non-hydrogen) atoms. The zero-order chi connectivity index (χ0) is 25.5. The van der Waals surface area contributed by atoms with Gasteiger partial charge in [0.25, 0.3) is 5.91 Å². The average Bonchev–Trinajstić information content (AvgIpc) is 3.14. The molecule has 3 N–H and O–H groups in total. The summed E-state index contributed by atoms with van der Waals surface area (Å²) in [5.41, 5.74) is 2.53. The summed E-state index contributed by atoms with van der Waals surface area (Å²) < 4.78 is 0. The van der Waals surface area contributed by atoms with Gasteiger partial charge >= 0.3 is 5.97 Å². The lowest BCUT2D eigenvalue weighted by atomic mass is 9.46. The Morgan fingerprint density at radius 1 is 1.14 bits per heavy atom. The number of nitrogens with zero attached hydrogens (tertiary/aromatic N) is 1. The van der Waals surface area contributed by atoms with E-state index in [9.17, 15) is 19.5 Å². The molecular formula is C27H40N2O6. The number of carbonyl (C=O) groups is 3. The second-order valence-corrected chi connectivity index (χ2v) is 11.8. The van der Waals surface area contributed by atoms with Crippen LogP contribution in [0.3, 0.4) is 0 Å². The third kappa shape index (κ3) is 4.66. The van der Waals surface area contributed by atoms with Crippen LogP contribution >= 0.6 is 0 Å². The van der Waals surface area contributed by atoms with Crippen molar-refractivity contribution < 1.29 is 29.4 Å². The highest BCUT2D eigenvalue weighted by Gasteiger charge is 2.59. The van der Waals surface area contributed by atoms with Gasteiger partial charge in [0.15, 0.2) is 12.6 Å². The van der Waals surface area contributed by atoms with Crippen molar-refractivity contribution in [2.24, 2.45) is 39.7 Å². The van der Waals surface area contributed by atoms with Crippen LogP contribution in [0.15, 0.2) is 16.8 Å². The molecule has 8 atom stereocenters. The van der Waals surface area contributed by atoms with Gasteiger partial charge < -0.3 is 20.4 Å². The van der Waals surface area contributed by atoms with E-state index in [4.69, 9.17) is 9.94 Å². The maximum absolute atomic E-state index is 12.3. The van der Waals surface area contributed by atoms with Crippen molar-refractivity contribution in [3.8, 4) is 0 Å². The van der Waals surface area contributed by atoms with E-state index in [1.807, 2.05) is 0 Å². The van der Waals surface area contributed by atoms with Gasteiger partial charge in [-0.25, -0.2) is 4.79 Å². The summed E-state index contributed by atoms with van der Waals surface area (Å²) in [7, 11) is 0. The van der Waals surface area contributed by atoms with E-state index >= 15 is 0 Å². The number of nitrogens with one attached hydrogen (secondary N) is 1. The highest BCUT2D eigenvalue weighted by molar-refractivity contribution is 5.96. The van der Waals surface area contributed by atoms with Gasteiger partial charge in [-0.15, -0.1) is 0 Å². The van der Waals surface area contributed by atoms with Gasteiger partial charge in [0.1, 0.15) is 5.78 Å². The molecule has 8 nitrogen and oxygen atoms in total. The number of carboxylic acids is 1. The molecule has 0 aromatic rings. The van der Waals surface area contributed by atoms with Crippen molar-refractivity contribution in [1.29, 1.82) is 0 Å². The Hall–Kier alpha value is -2.22. The largest absolute Gasteiger partial charge is 0.480 e. The monoisotopic (exact) mass is 488 g/mol. The molecule has 194 valence electrons. The summed E-state index contributed by atoms with van der Waals surface area (Å²) in [5, 5.41) is 25.0. The first kappa shape index (κ1) is 25.9. The predicted octanol–water partition coefficient (Wildman–Crippen LogP) is 3.48. The van der Waals surface area contributed by atoms with Gasteiger partial charge in [-0.3, -0.25) is 9.59 Å². The normalized spacial score (nSPS) is 38.9. The third-order valence-electron chi connectivity index (χ3n) is 9.91. The van der Waals surface area contributed by atoms with E-state index in [1.54, 1.807) is 6.92 Å². The third-order valence-corrected chi connectivity index (χ3v) is 9.91. The van der Waals surface area contributed by atoms with Gasteiger partial charge in [-0.1, -0.05) is 24.6 Å². The Labute approximate surface area is 207 Å². The average molecular weight is 489 g/mol. The first-order valence-corrected chi connectivity index (χ1v) is 13.1. The van der Waals surface area contributed by atoms with Crippen molar-refractivity contribution in [3.05, 3.63) is 11.6 Å². The highest BCUT2D eigenvalue weighted by Crippen LogP contribution is 2.66. The van der Waals surface area contributed by atoms with Crippen LogP contribution in [0.25, 0.3) is 0 Å². The number of ketones is 1. The van der Waals surface area contributed by atoms with Gasteiger partial charge in [0, 0.05) is 5.92 Å². The van der Waals surface area contributed by atoms with Crippen LogP contribution in [0.1, 0.15) is 79.1 Å². The molecule has 0 aliphatic heterocycles. The van der Waals surface area contributed by atoms with Crippen molar-refractivity contribution in [1.82, 2.24) is 5.32 Å². The molecule has 3 saturated carbocycles. The molecule has 3 fully saturated rings. The van der Waals surface area contributed by atoms with E-state index in [0.717, 1.165) is 44.2 Å². The molecule has 0 bridgehead atoms. The van der Waals surface area contributed by atoms with Gasteiger partial charge in [-0.05, 0) is 99.9 Å². The summed E-state index contributed by atoms with van der Waals surface area (Å²) in [6, 6.07) is -1.38. The Morgan fingerprint density at radius 3 is 2.54 bits per heavy atom. The number of aliphatic carboxylic acids is 1. The number of oxime groups is 1. The first-order valence-electron chi connectivity index (χ1n) is 13.1. The highest BCUT2D eigenvalue weighted by atomic mass is 16.6. The van der Waals surface area contributed by atoms with Crippen LogP contribution in [0.2, 0.25) is 0 Å². The molecule has 4 rings (SSSR count). The molecule has 0 unspecified atom stereocenters. The van der Waals surface area contributed by atoms with Gasteiger partial charge in [-0.2, -0.15) is 0 Å². The van der Waals surface area contributed by atoms with Crippen molar-refractivity contribution in [2.75, 3.05) is 6.61 Å². The number of aliphatic hydroxyl groups excluding tert-OH is 1. The van der Waals surface area contributed by atoms with E-state index < -0.39 is 30.6 Å². The fraction of sp³-hybridized carbons (Fsp3) is 0.778. The summed E-state index contributed by atoms with van der Waals surface area (Å²) in [6.07, 6.45) is 9.42. The fourth-order valence-electron chi connectivity index (χ4n) is 8.09. The Morgan fingerprint density at radius 2 is 1.89 bits per heavy atom. The van der Waals surface area contributed by atoms with E-state index in [0.29, 0.717) is 23.5 Å². The van der Waals surface area contributed by atoms with E-state index in [-0.39, 0.29) is 16.7 Å². The molecule has 1 amide bonds. The van der Waals surface area contributed by atoms with Crippen molar-refractivity contribution in [3.63, 3.8) is 0 Å².